The van der Waals surface area contributed by atoms with Crippen LogP contribution in [0.4, 0.5) is 4.79 Å². The summed E-state index contributed by atoms with van der Waals surface area (Å²) in [5.41, 5.74) is 0. The summed E-state index contributed by atoms with van der Waals surface area (Å²) in [5, 5.41) is 13.6. The molecule has 0 aromatic rings. The van der Waals surface area contributed by atoms with E-state index < -0.39 is 11.9 Å². The molecule has 5 heteroatoms. The lowest BCUT2D eigenvalue weighted by atomic mass is 10.2. The highest BCUT2D eigenvalue weighted by molar-refractivity contribution is 5.75. The van der Waals surface area contributed by atoms with Gasteiger partial charge >= 0.3 is 12.0 Å². The maximum absolute atomic E-state index is 11.0. The molecule has 0 saturated heterocycles. The lowest BCUT2D eigenvalue weighted by Crippen LogP contribution is -2.42. The molecule has 1 atom stereocenters. The minimum atomic E-state index is -0.912. The molecule has 0 heterocycles. The fourth-order valence-corrected chi connectivity index (χ4v) is 0.646. The first-order valence-electron chi connectivity index (χ1n) is 4.20. The Bertz CT molecular complexity index is 192. The van der Waals surface area contributed by atoms with Crippen molar-refractivity contribution in [1.82, 2.24) is 10.6 Å². The van der Waals surface area contributed by atoms with Gasteiger partial charge in [-0.3, -0.25) is 4.79 Å². The molecule has 76 valence electrons. The zero-order valence-electron chi connectivity index (χ0n) is 8.13. The Morgan fingerprint density at radius 3 is 2.23 bits per heavy atom. The average Bonchev–Trinajstić information content (AvgIpc) is 1.98. The monoisotopic (exact) mass is 188 g/mol. The van der Waals surface area contributed by atoms with Gasteiger partial charge < -0.3 is 15.7 Å². The van der Waals surface area contributed by atoms with Crippen LogP contribution in [-0.4, -0.2) is 29.7 Å². The Labute approximate surface area is 77.5 Å². The predicted octanol–water partition coefficient (Wildman–Crippen LogP) is 0.415. The van der Waals surface area contributed by atoms with Crippen LogP contribution in [0.25, 0.3) is 0 Å². The third-order valence-corrected chi connectivity index (χ3v) is 1.41. The van der Waals surface area contributed by atoms with Crippen molar-refractivity contribution in [2.75, 3.05) is 6.54 Å². The minimum Gasteiger partial charge on any atom is -0.481 e. The molecular weight excluding hydrogens is 172 g/mol. The van der Waals surface area contributed by atoms with E-state index in [1.807, 2.05) is 13.8 Å². The van der Waals surface area contributed by atoms with Crippen LogP contribution in [0.5, 0.6) is 0 Å². The summed E-state index contributed by atoms with van der Waals surface area (Å²) in [6, 6.07) is -0.275. The second-order valence-corrected chi connectivity index (χ2v) is 3.25. The summed E-state index contributed by atoms with van der Waals surface area (Å²) in [6.45, 7) is 5.35. The number of carboxylic acid groups (broad SMARTS) is 1. The number of amides is 2. The topological polar surface area (TPSA) is 78.4 Å². The maximum Gasteiger partial charge on any atom is 0.315 e. The third kappa shape index (κ3) is 5.95. The number of urea groups is 1. The average molecular weight is 188 g/mol. The van der Waals surface area contributed by atoms with Crippen molar-refractivity contribution in [2.45, 2.75) is 26.8 Å². The zero-order chi connectivity index (χ0) is 10.4. The van der Waals surface area contributed by atoms with Gasteiger partial charge in [0.15, 0.2) is 0 Å². The number of hydrogen-bond donors (Lipinski definition) is 3. The molecule has 13 heavy (non-hydrogen) atoms. The standard InChI is InChI=1S/C8H16N2O3/c1-5(2)10-8(13)9-4-6(3)7(11)12/h5-6H,4H2,1-3H3,(H,11,12)(H2,9,10,13). The lowest BCUT2D eigenvalue weighted by Gasteiger charge is -2.11. The number of carboxylic acids is 1. The van der Waals surface area contributed by atoms with Crippen LogP contribution in [0.3, 0.4) is 0 Å². The molecule has 0 radical (unpaired) electrons. The van der Waals surface area contributed by atoms with Crippen molar-refractivity contribution in [2.24, 2.45) is 5.92 Å². The maximum atomic E-state index is 11.0. The summed E-state index contributed by atoms with van der Waals surface area (Å²) in [6.07, 6.45) is 0. The van der Waals surface area contributed by atoms with Crippen LogP contribution in [0.1, 0.15) is 20.8 Å². The van der Waals surface area contributed by atoms with Gasteiger partial charge in [0, 0.05) is 12.6 Å². The van der Waals surface area contributed by atoms with Crippen molar-refractivity contribution in [3.05, 3.63) is 0 Å². The molecule has 3 N–H and O–H groups in total. The van der Waals surface area contributed by atoms with Gasteiger partial charge in [0.1, 0.15) is 0 Å². The van der Waals surface area contributed by atoms with Crippen LogP contribution < -0.4 is 10.6 Å². The van der Waals surface area contributed by atoms with E-state index in [1.165, 1.54) is 6.92 Å². The van der Waals surface area contributed by atoms with Gasteiger partial charge in [-0.15, -0.1) is 0 Å². The van der Waals surface area contributed by atoms with Gasteiger partial charge in [-0.05, 0) is 13.8 Å². The zero-order valence-corrected chi connectivity index (χ0v) is 8.13. The Kier molecular flexibility index (Phi) is 4.87. The van der Waals surface area contributed by atoms with Crippen LogP contribution in [-0.2, 0) is 4.79 Å². The third-order valence-electron chi connectivity index (χ3n) is 1.41. The quantitative estimate of drug-likeness (QED) is 0.598. The molecule has 0 aliphatic rings. The van der Waals surface area contributed by atoms with Crippen LogP contribution >= 0.6 is 0 Å². The number of hydrogen-bond acceptors (Lipinski definition) is 2. The fourth-order valence-electron chi connectivity index (χ4n) is 0.646. The highest BCUT2D eigenvalue weighted by Crippen LogP contribution is 1.90. The number of nitrogens with one attached hydrogen (secondary N) is 2. The Morgan fingerprint density at radius 2 is 1.85 bits per heavy atom. The summed E-state index contributed by atoms with van der Waals surface area (Å²) in [7, 11) is 0. The molecule has 5 nitrogen and oxygen atoms in total. The largest absolute Gasteiger partial charge is 0.481 e. The first kappa shape index (κ1) is 11.7. The van der Waals surface area contributed by atoms with E-state index in [0.29, 0.717) is 0 Å². The Hall–Kier alpha value is -1.26. The summed E-state index contributed by atoms with van der Waals surface area (Å²) in [5.74, 6) is -1.47. The molecule has 0 aliphatic heterocycles. The van der Waals surface area contributed by atoms with Crippen LogP contribution in [0, 0.1) is 5.92 Å². The van der Waals surface area contributed by atoms with Gasteiger partial charge in [-0.2, -0.15) is 0 Å². The molecule has 2 amide bonds. The summed E-state index contributed by atoms with van der Waals surface area (Å²) >= 11 is 0. The Balaban J connectivity index is 3.64. The molecule has 0 saturated carbocycles. The second kappa shape index (κ2) is 5.40. The fraction of sp³-hybridized carbons (Fsp3) is 0.750. The van der Waals surface area contributed by atoms with Crippen molar-refractivity contribution in [1.29, 1.82) is 0 Å². The molecular formula is C8H16N2O3. The number of rotatable bonds is 4. The number of carbonyl (C=O) groups excluding carboxylic acids is 1. The van der Waals surface area contributed by atoms with E-state index in [2.05, 4.69) is 10.6 Å². The highest BCUT2D eigenvalue weighted by Gasteiger charge is 2.11. The molecule has 1 unspecified atom stereocenters. The van der Waals surface area contributed by atoms with Crippen molar-refractivity contribution in [3.8, 4) is 0 Å². The predicted molar refractivity (Wildman–Crippen MR) is 48.5 cm³/mol. The number of carbonyl (C=O) groups is 2. The van der Waals surface area contributed by atoms with Crippen LogP contribution in [0.15, 0.2) is 0 Å². The Morgan fingerprint density at radius 1 is 1.31 bits per heavy atom. The first-order valence-corrected chi connectivity index (χ1v) is 4.20. The van der Waals surface area contributed by atoms with E-state index in [0.717, 1.165) is 0 Å². The van der Waals surface area contributed by atoms with E-state index in [-0.39, 0.29) is 18.6 Å². The molecule has 0 aromatic carbocycles. The number of aliphatic carboxylic acids is 1. The van der Waals surface area contributed by atoms with Gasteiger partial charge in [-0.1, -0.05) is 6.92 Å². The van der Waals surface area contributed by atoms with Crippen molar-refractivity contribution >= 4 is 12.0 Å². The van der Waals surface area contributed by atoms with Crippen molar-refractivity contribution in [3.63, 3.8) is 0 Å². The molecule has 0 rings (SSSR count). The normalized spacial score (nSPS) is 12.3. The van der Waals surface area contributed by atoms with E-state index in [4.69, 9.17) is 5.11 Å². The SMILES string of the molecule is CC(C)NC(=O)NCC(C)C(=O)O. The lowest BCUT2D eigenvalue weighted by molar-refractivity contribution is -0.140. The molecule has 0 fully saturated rings. The van der Waals surface area contributed by atoms with Crippen molar-refractivity contribution < 1.29 is 14.7 Å². The van der Waals surface area contributed by atoms with E-state index in [1.54, 1.807) is 0 Å². The van der Waals surface area contributed by atoms with Gasteiger partial charge in [0.05, 0.1) is 5.92 Å². The minimum absolute atomic E-state index is 0.0557. The molecule has 0 spiro atoms. The van der Waals surface area contributed by atoms with Gasteiger partial charge in [-0.25, -0.2) is 4.79 Å². The summed E-state index contributed by atoms with van der Waals surface area (Å²) in [4.78, 5) is 21.3. The molecule has 0 aliphatic carbocycles. The van der Waals surface area contributed by atoms with Gasteiger partial charge in [0.2, 0.25) is 0 Å². The summed E-state index contributed by atoms with van der Waals surface area (Å²) < 4.78 is 0. The van der Waals surface area contributed by atoms with Gasteiger partial charge in [0.25, 0.3) is 0 Å². The first-order chi connectivity index (χ1) is 5.93. The van der Waals surface area contributed by atoms with Crippen LogP contribution in [0.2, 0.25) is 0 Å². The molecule has 0 aromatic heterocycles. The highest BCUT2D eigenvalue weighted by atomic mass is 16.4. The smallest absolute Gasteiger partial charge is 0.315 e. The van der Waals surface area contributed by atoms with E-state index >= 15 is 0 Å². The second-order valence-electron chi connectivity index (χ2n) is 3.25. The molecule has 0 bridgehead atoms. The van der Waals surface area contributed by atoms with E-state index in [9.17, 15) is 9.59 Å².